The number of benzene rings is 1. The van der Waals surface area contributed by atoms with Gasteiger partial charge in [-0.05, 0) is 37.1 Å². The molecule has 0 atom stereocenters. The first-order valence-corrected chi connectivity index (χ1v) is 16.6. The van der Waals surface area contributed by atoms with Crippen molar-refractivity contribution < 1.29 is 9.47 Å². The maximum Gasteiger partial charge on any atom is 0.159 e. The SMILES string of the molecule is CCCCCCCCOc1cnc(-c2ccc(OCCC[Si](C)(C)CCCCC)cc2)nc1. The number of nitrogens with zero attached hydrogens (tertiary/aromatic N) is 2. The maximum atomic E-state index is 5.98. The van der Waals surface area contributed by atoms with E-state index in [1.54, 1.807) is 12.4 Å². The molecule has 2 rings (SSSR count). The van der Waals surface area contributed by atoms with Gasteiger partial charge in [0.15, 0.2) is 11.6 Å². The van der Waals surface area contributed by atoms with E-state index in [0.717, 1.165) is 43.1 Å². The predicted octanol–water partition coefficient (Wildman–Crippen LogP) is 8.55. The largest absolute Gasteiger partial charge is 0.494 e. The molecule has 0 amide bonds. The summed E-state index contributed by atoms with van der Waals surface area (Å²) < 4.78 is 11.8. The van der Waals surface area contributed by atoms with Gasteiger partial charge in [0.1, 0.15) is 5.75 Å². The van der Waals surface area contributed by atoms with Gasteiger partial charge in [-0.25, -0.2) is 9.97 Å². The van der Waals surface area contributed by atoms with Gasteiger partial charge in [-0.3, -0.25) is 0 Å². The normalized spacial score (nSPS) is 11.5. The zero-order valence-electron chi connectivity index (χ0n) is 21.6. The summed E-state index contributed by atoms with van der Waals surface area (Å²) >= 11 is 0. The van der Waals surface area contributed by atoms with Crippen LogP contribution in [0.2, 0.25) is 25.2 Å². The summed E-state index contributed by atoms with van der Waals surface area (Å²) in [6.07, 6.45) is 16.3. The molecule has 5 heteroatoms. The summed E-state index contributed by atoms with van der Waals surface area (Å²) in [4.78, 5) is 8.96. The Kier molecular flexibility index (Phi) is 13.2. The molecule has 0 aliphatic heterocycles. The minimum Gasteiger partial charge on any atom is -0.494 e. The fourth-order valence-electron chi connectivity index (χ4n) is 4.03. The molecule has 1 heterocycles. The number of hydrogen-bond donors (Lipinski definition) is 0. The number of hydrogen-bond acceptors (Lipinski definition) is 4. The summed E-state index contributed by atoms with van der Waals surface area (Å²) in [6.45, 7) is 11.1. The highest BCUT2D eigenvalue weighted by Gasteiger charge is 2.19. The van der Waals surface area contributed by atoms with Crippen molar-refractivity contribution in [3.8, 4) is 22.9 Å². The van der Waals surface area contributed by atoms with Gasteiger partial charge in [-0.15, -0.1) is 0 Å². The van der Waals surface area contributed by atoms with E-state index < -0.39 is 8.07 Å². The van der Waals surface area contributed by atoms with Crippen LogP contribution in [0.5, 0.6) is 11.5 Å². The van der Waals surface area contributed by atoms with Crippen molar-refractivity contribution in [2.24, 2.45) is 0 Å². The summed E-state index contributed by atoms with van der Waals surface area (Å²) in [5.74, 6) is 2.38. The molecule has 1 aromatic carbocycles. The lowest BCUT2D eigenvalue weighted by Crippen LogP contribution is -2.25. The van der Waals surface area contributed by atoms with Crippen LogP contribution in [0, 0.1) is 0 Å². The smallest absolute Gasteiger partial charge is 0.159 e. The second-order valence-corrected chi connectivity index (χ2v) is 15.3. The predicted molar refractivity (Wildman–Crippen MR) is 143 cm³/mol. The fraction of sp³-hybridized carbons (Fsp3) is 0.643. The van der Waals surface area contributed by atoms with Gasteiger partial charge in [0, 0.05) is 13.6 Å². The Morgan fingerprint density at radius 1 is 0.636 bits per heavy atom. The highest BCUT2D eigenvalue weighted by molar-refractivity contribution is 6.77. The Labute approximate surface area is 203 Å². The average molecular weight is 471 g/mol. The van der Waals surface area contributed by atoms with Crippen LogP contribution in [0.3, 0.4) is 0 Å². The average Bonchev–Trinajstić information content (AvgIpc) is 2.82. The van der Waals surface area contributed by atoms with Crippen LogP contribution in [0.1, 0.15) is 78.1 Å². The summed E-state index contributed by atoms with van der Waals surface area (Å²) in [5, 5.41) is 0. The standard InChI is InChI=1S/C28H46N2O2Si/c1-5-7-9-10-11-12-19-32-27-23-29-28(30-24-27)25-15-17-26(18-16-25)31-20-14-22-33(3,4)21-13-8-6-2/h15-18,23-24H,5-14,19-22H2,1-4H3. The molecule has 0 aliphatic carbocycles. The van der Waals surface area contributed by atoms with Crippen LogP contribution in [0.4, 0.5) is 0 Å². The van der Waals surface area contributed by atoms with E-state index in [4.69, 9.17) is 9.47 Å². The summed E-state index contributed by atoms with van der Waals surface area (Å²) in [5.41, 5.74) is 0.995. The van der Waals surface area contributed by atoms with E-state index >= 15 is 0 Å². The van der Waals surface area contributed by atoms with Gasteiger partial charge >= 0.3 is 0 Å². The minimum absolute atomic E-state index is 0.716. The van der Waals surface area contributed by atoms with Crippen molar-refractivity contribution in [1.82, 2.24) is 9.97 Å². The topological polar surface area (TPSA) is 44.2 Å². The second-order valence-electron chi connectivity index (χ2n) is 9.96. The molecule has 0 N–H and O–H groups in total. The van der Waals surface area contributed by atoms with Crippen LogP contribution in [0.25, 0.3) is 11.4 Å². The minimum atomic E-state index is -1.06. The molecule has 33 heavy (non-hydrogen) atoms. The summed E-state index contributed by atoms with van der Waals surface area (Å²) in [7, 11) is -1.06. The number of rotatable bonds is 18. The van der Waals surface area contributed by atoms with Gasteiger partial charge < -0.3 is 9.47 Å². The molecule has 0 unspecified atom stereocenters. The lowest BCUT2D eigenvalue weighted by molar-refractivity contribution is 0.302. The quantitative estimate of drug-likeness (QED) is 0.162. The second kappa shape index (κ2) is 15.9. The molecule has 4 nitrogen and oxygen atoms in total. The Morgan fingerprint density at radius 2 is 1.18 bits per heavy atom. The fourth-order valence-corrected chi connectivity index (χ4v) is 6.59. The number of aromatic nitrogens is 2. The molecule has 184 valence electrons. The van der Waals surface area contributed by atoms with Gasteiger partial charge in [-0.2, -0.15) is 0 Å². The molecule has 2 aromatic rings. The van der Waals surface area contributed by atoms with Crippen molar-refractivity contribution in [2.75, 3.05) is 13.2 Å². The van der Waals surface area contributed by atoms with Gasteiger partial charge in [0.05, 0.1) is 25.6 Å². The molecule has 0 fully saturated rings. The Morgan fingerprint density at radius 3 is 1.88 bits per heavy atom. The molecular weight excluding hydrogens is 424 g/mol. The molecule has 0 radical (unpaired) electrons. The molecule has 0 spiro atoms. The molecule has 0 bridgehead atoms. The van der Waals surface area contributed by atoms with Crippen molar-refractivity contribution in [1.29, 1.82) is 0 Å². The molecular formula is C28H46N2O2Si. The van der Waals surface area contributed by atoms with E-state index in [0.29, 0.717) is 5.82 Å². The summed E-state index contributed by atoms with van der Waals surface area (Å²) in [6, 6.07) is 10.9. The Balaban J connectivity index is 1.68. The van der Waals surface area contributed by atoms with E-state index in [2.05, 4.69) is 36.9 Å². The van der Waals surface area contributed by atoms with Gasteiger partial charge in [0.25, 0.3) is 0 Å². The lowest BCUT2D eigenvalue weighted by Gasteiger charge is -2.22. The zero-order valence-corrected chi connectivity index (χ0v) is 22.6. The van der Waals surface area contributed by atoms with Crippen LogP contribution < -0.4 is 9.47 Å². The van der Waals surface area contributed by atoms with Crippen LogP contribution in [0.15, 0.2) is 36.7 Å². The lowest BCUT2D eigenvalue weighted by atomic mass is 10.1. The first-order valence-electron chi connectivity index (χ1n) is 13.2. The molecule has 0 saturated carbocycles. The Bertz CT molecular complexity index is 747. The molecule has 0 saturated heterocycles. The van der Waals surface area contributed by atoms with E-state index in [1.165, 1.54) is 63.5 Å². The molecule has 1 aromatic heterocycles. The maximum absolute atomic E-state index is 5.98. The van der Waals surface area contributed by atoms with Crippen molar-refractivity contribution >= 4 is 8.07 Å². The van der Waals surface area contributed by atoms with Crippen molar-refractivity contribution in [3.05, 3.63) is 36.7 Å². The van der Waals surface area contributed by atoms with Crippen LogP contribution in [-0.4, -0.2) is 31.3 Å². The van der Waals surface area contributed by atoms with E-state index in [9.17, 15) is 0 Å². The van der Waals surface area contributed by atoms with Crippen molar-refractivity contribution in [3.63, 3.8) is 0 Å². The Hall–Kier alpha value is -1.88. The van der Waals surface area contributed by atoms with Crippen LogP contribution in [-0.2, 0) is 0 Å². The third-order valence-electron chi connectivity index (χ3n) is 6.23. The first-order chi connectivity index (χ1) is 16.0. The highest BCUT2D eigenvalue weighted by atomic mass is 28.3. The first kappa shape index (κ1) is 27.4. The van der Waals surface area contributed by atoms with Crippen molar-refractivity contribution in [2.45, 2.75) is 103 Å². The zero-order chi connectivity index (χ0) is 23.8. The van der Waals surface area contributed by atoms with E-state index in [-0.39, 0.29) is 0 Å². The highest BCUT2D eigenvalue weighted by Crippen LogP contribution is 2.23. The third-order valence-corrected chi connectivity index (χ3v) is 9.65. The van der Waals surface area contributed by atoms with Gasteiger partial charge in [-0.1, -0.05) is 90.4 Å². The van der Waals surface area contributed by atoms with Crippen LogP contribution >= 0.6 is 0 Å². The third kappa shape index (κ3) is 11.7. The van der Waals surface area contributed by atoms with Gasteiger partial charge in [0.2, 0.25) is 0 Å². The monoisotopic (exact) mass is 470 g/mol. The number of unbranched alkanes of at least 4 members (excludes halogenated alkanes) is 7. The number of ether oxygens (including phenoxy) is 2. The van der Waals surface area contributed by atoms with E-state index in [1.807, 2.05) is 24.3 Å². The molecule has 0 aliphatic rings.